The maximum Gasteiger partial charge on any atom is 0.119 e. The van der Waals surface area contributed by atoms with Crippen LogP contribution in [0.25, 0.3) is 0 Å². The van der Waals surface area contributed by atoms with Gasteiger partial charge in [-0.1, -0.05) is 25.5 Å². The van der Waals surface area contributed by atoms with Gasteiger partial charge in [-0.15, -0.1) is 0 Å². The SMILES string of the molecule is CCCCOCCCCOc1cccc(C(O)CCN)c1. The van der Waals surface area contributed by atoms with E-state index in [1.165, 1.54) is 6.42 Å². The van der Waals surface area contributed by atoms with Crippen molar-refractivity contribution in [3.8, 4) is 5.75 Å². The van der Waals surface area contributed by atoms with Crippen LogP contribution in [-0.2, 0) is 4.74 Å². The monoisotopic (exact) mass is 295 g/mol. The predicted octanol–water partition coefficient (Wildman–Crippen LogP) is 3.04. The first kappa shape index (κ1) is 18.0. The normalized spacial score (nSPS) is 12.3. The lowest BCUT2D eigenvalue weighted by molar-refractivity contribution is 0.123. The summed E-state index contributed by atoms with van der Waals surface area (Å²) >= 11 is 0. The number of hydrogen-bond acceptors (Lipinski definition) is 4. The van der Waals surface area contributed by atoms with E-state index in [-0.39, 0.29) is 0 Å². The van der Waals surface area contributed by atoms with Crippen molar-refractivity contribution in [1.82, 2.24) is 0 Å². The van der Waals surface area contributed by atoms with E-state index in [9.17, 15) is 5.11 Å². The zero-order valence-electron chi connectivity index (χ0n) is 13.1. The van der Waals surface area contributed by atoms with Crippen LogP contribution >= 0.6 is 0 Å². The maximum atomic E-state index is 9.91. The number of aliphatic hydroxyl groups is 1. The van der Waals surface area contributed by atoms with E-state index >= 15 is 0 Å². The number of ether oxygens (including phenoxy) is 2. The highest BCUT2D eigenvalue weighted by molar-refractivity contribution is 5.29. The highest BCUT2D eigenvalue weighted by atomic mass is 16.5. The third-order valence-corrected chi connectivity index (χ3v) is 3.28. The Kier molecular flexibility index (Phi) is 9.87. The van der Waals surface area contributed by atoms with Crippen molar-refractivity contribution in [3.63, 3.8) is 0 Å². The Balaban J connectivity index is 2.18. The van der Waals surface area contributed by atoms with Crippen molar-refractivity contribution >= 4 is 0 Å². The number of hydrogen-bond donors (Lipinski definition) is 2. The molecule has 3 N–H and O–H groups in total. The Labute approximate surface area is 128 Å². The second kappa shape index (κ2) is 11.5. The van der Waals surface area contributed by atoms with Crippen LogP contribution in [0.1, 0.15) is 50.7 Å². The van der Waals surface area contributed by atoms with E-state index in [0.717, 1.165) is 43.8 Å². The molecule has 0 aliphatic carbocycles. The minimum absolute atomic E-state index is 0.476. The number of benzene rings is 1. The van der Waals surface area contributed by atoms with Gasteiger partial charge in [0.2, 0.25) is 0 Å². The van der Waals surface area contributed by atoms with Gasteiger partial charge in [-0.3, -0.25) is 0 Å². The molecule has 0 bridgehead atoms. The minimum atomic E-state index is -0.509. The van der Waals surface area contributed by atoms with E-state index in [2.05, 4.69) is 6.92 Å². The van der Waals surface area contributed by atoms with Gasteiger partial charge in [0, 0.05) is 13.2 Å². The van der Waals surface area contributed by atoms with Crippen LogP contribution in [0.3, 0.4) is 0 Å². The molecule has 4 heteroatoms. The van der Waals surface area contributed by atoms with Gasteiger partial charge < -0.3 is 20.3 Å². The van der Waals surface area contributed by atoms with Crippen molar-refractivity contribution < 1.29 is 14.6 Å². The number of rotatable bonds is 12. The van der Waals surface area contributed by atoms with E-state index in [0.29, 0.717) is 19.6 Å². The molecule has 120 valence electrons. The van der Waals surface area contributed by atoms with Gasteiger partial charge in [0.25, 0.3) is 0 Å². The molecule has 1 rings (SSSR count). The van der Waals surface area contributed by atoms with Gasteiger partial charge in [0.15, 0.2) is 0 Å². The largest absolute Gasteiger partial charge is 0.494 e. The lowest BCUT2D eigenvalue weighted by atomic mass is 10.1. The summed E-state index contributed by atoms with van der Waals surface area (Å²) in [5.41, 5.74) is 6.32. The molecular weight excluding hydrogens is 266 g/mol. The number of nitrogens with two attached hydrogens (primary N) is 1. The molecule has 0 amide bonds. The third-order valence-electron chi connectivity index (χ3n) is 3.28. The summed E-state index contributed by atoms with van der Waals surface area (Å²) < 4.78 is 11.2. The summed E-state index contributed by atoms with van der Waals surface area (Å²) in [5.74, 6) is 0.801. The van der Waals surface area contributed by atoms with E-state index in [1.807, 2.05) is 24.3 Å². The van der Waals surface area contributed by atoms with Crippen molar-refractivity contribution in [2.45, 2.75) is 45.1 Å². The standard InChI is InChI=1S/C17H29NO3/c1-2-3-11-20-12-4-5-13-21-16-8-6-7-15(14-16)17(19)9-10-18/h6-8,14,17,19H,2-5,9-13,18H2,1H3. The molecule has 0 heterocycles. The van der Waals surface area contributed by atoms with Crippen LogP contribution in [0.2, 0.25) is 0 Å². The molecule has 0 spiro atoms. The summed E-state index contributed by atoms with van der Waals surface area (Å²) in [4.78, 5) is 0. The maximum absolute atomic E-state index is 9.91. The molecule has 4 nitrogen and oxygen atoms in total. The zero-order valence-corrected chi connectivity index (χ0v) is 13.1. The highest BCUT2D eigenvalue weighted by Crippen LogP contribution is 2.21. The fraction of sp³-hybridized carbons (Fsp3) is 0.647. The van der Waals surface area contributed by atoms with Gasteiger partial charge in [-0.2, -0.15) is 0 Å². The van der Waals surface area contributed by atoms with Gasteiger partial charge in [0.1, 0.15) is 5.75 Å². The van der Waals surface area contributed by atoms with Gasteiger partial charge in [0.05, 0.1) is 12.7 Å². The fourth-order valence-electron chi connectivity index (χ4n) is 1.98. The second-order valence-corrected chi connectivity index (χ2v) is 5.19. The molecule has 0 saturated heterocycles. The number of unbranched alkanes of at least 4 members (excludes halogenated alkanes) is 2. The fourth-order valence-corrected chi connectivity index (χ4v) is 1.98. The Hall–Kier alpha value is -1.10. The number of aliphatic hydroxyl groups excluding tert-OH is 1. The Morgan fingerprint density at radius 1 is 1.14 bits per heavy atom. The van der Waals surface area contributed by atoms with E-state index in [4.69, 9.17) is 15.2 Å². The van der Waals surface area contributed by atoms with Crippen LogP contribution in [0.4, 0.5) is 0 Å². The van der Waals surface area contributed by atoms with Crippen LogP contribution in [-0.4, -0.2) is 31.5 Å². The average Bonchev–Trinajstić information content (AvgIpc) is 2.50. The summed E-state index contributed by atoms with van der Waals surface area (Å²) in [5, 5.41) is 9.91. The first-order chi connectivity index (χ1) is 10.3. The van der Waals surface area contributed by atoms with Crippen molar-refractivity contribution in [3.05, 3.63) is 29.8 Å². The van der Waals surface area contributed by atoms with Gasteiger partial charge in [-0.25, -0.2) is 0 Å². The average molecular weight is 295 g/mol. The van der Waals surface area contributed by atoms with Gasteiger partial charge in [-0.05, 0) is 49.9 Å². The lowest BCUT2D eigenvalue weighted by Crippen LogP contribution is -2.07. The second-order valence-electron chi connectivity index (χ2n) is 5.19. The molecule has 0 radical (unpaired) electrons. The van der Waals surface area contributed by atoms with Crippen molar-refractivity contribution in [1.29, 1.82) is 0 Å². The molecule has 0 fully saturated rings. The molecule has 21 heavy (non-hydrogen) atoms. The molecule has 1 aromatic rings. The Bertz CT molecular complexity index is 371. The quantitative estimate of drug-likeness (QED) is 0.582. The summed E-state index contributed by atoms with van der Waals surface area (Å²) in [6.07, 6.45) is 4.36. The van der Waals surface area contributed by atoms with Crippen molar-refractivity contribution in [2.75, 3.05) is 26.4 Å². The summed E-state index contributed by atoms with van der Waals surface area (Å²) in [6.45, 7) is 4.98. The Morgan fingerprint density at radius 3 is 2.67 bits per heavy atom. The lowest BCUT2D eigenvalue weighted by Gasteiger charge is -2.12. The molecule has 0 aromatic heterocycles. The summed E-state index contributed by atoms with van der Waals surface area (Å²) in [7, 11) is 0. The van der Waals surface area contributed by atoms with Gasteiger partial charge >= 0.3 is 0 Å². The molecule has 1 aromatic carbocycles. The molecule has 1 atom stereocenters. The smallest absolute Gasteiger partial charge is 0.119 e. The molecular formula is C17H29NO3. The van der Waals surface area contributed by atoms with Crippen LogP contribution in [0.15, 0.2) is 24.3 Å². The molecule has 0 aliphatic rings. The van der Waals surface area contributed by atoms with Crippen molar-refractivity contribution in [2.24, 2.45) is 5.73 Å². The summed E-state index contributed by atoms with van der Waals surface area (Å²) in [6, 6.07) is 7.60. The topological polar surface area (TPSA) is 64.7 Å². The molecule has 0 aliphatic heterocycles. The van der Waals surface area contributed by atoms with E-state index < -0.39 is 6.10 Å². The van der Waals surface area contributed by atoms with Crippen LogP contribution in [0.5, 0.6) is 5.75 Å². The molecule has 0 saturated carbocycles. The van der Waals surface area contributed by atoms with Crippen LogP contribution < -0.4 is 10.5 Å². The highest BCUT2D eigenvalue weighted by Gasteiger charge is 2.07. The third kappa shape index (κ3) is 8.05. The Morgan fingerprint density at radius 2 is 1.90 bits per heavy atom. The zero-order chi connectivity index (χ0) is 15.3. The minimum Gasteiger partial charge on any atom is -0.494 e. The predicted molar refractivity (Wildman–Crippen MR) is 85.5 cm³/mol. The van der Waals surface area contributed by atoms with E-state index in [1.54, 1.807) is 0 Å². The first-order valence-corrected chi connectivity index (χ1v) is 7.96. The molecule has 1 unspecified atom stereocenters. The first-order valence-electron chi connectivity index (χ1n) is 7.96. The van der Waals surface area contributed by atoms with Crippen LogP contribution in [0, 0.1) is 0 Å².